The van der Waals surface area contributed by atoms with E-state index in [1.54, 1.807) is 0 Å². The van der Waals surface area contributed by atoms with Crippen LogP contribution in [0.2, 0.25) is 0 Å². The predicted molar refractivity (Wildman–Crippen MR) is 82.9 cm³/mol. The van der Waals surface area contributed by atoms with Gasteiger partial charge in [0.1, 0.15) is 0 Å². The molecule has 4 nitrogen and oxygen atoms in total. The highest BCUT2D eigenvalue weighted by Crippen LogP contribution is 2.06. The van der Waals surface area contributed by atoms with Gasteiger partial charge in [0.05, 0.1) is 13.2 Å². The van der Waals surface area contributed by atoms with Crippen LogP contribution in [0.5, 0.6) is 0 Å². The Morgan fingerprint density at radius 2 is 1.65 bits per heavy atom. The van der Waals surface area contributed by atoms with E-state index in [9.17, 15) is 4.79 Å². The summed E-state index contributed by atoms with van der Waals surface area (Å²) in [6.07, 6.45) is 9.98. The van der Waals surface area contributed by atoms with Gasteiger partial charge in [0.2, 0.25) is 5.91 Å². The molecule has 0 atom stereocenters. The molecule has 118 valence electrons. The maximum Gasteiger partial charge on any atom is 0.224 e. The van der Waals surface area contributed by atoms with Gasteiger partial charge in [0.15, 0.2) is 0 Å². The van der Waals surface area contributed by atoms with Crippen LogP contribution in [0.1, 0.15) is 58.3 Å². The number of nitrogens with one attached hydrogen (secondary N) is 1. The zero-order valence-electron chi connectivity index (χ0n) is 13.2. The molecule has 1 N–H and O–H groups in total. The third-order valence-corrected chi connectivity index (χ3v) is 3.84. The number of morpholine rings is 1. The fourth-order valence-electron chi connectivity index (χ4n) is 2.50. The van der Waals surface area contributed by atoms with Crippen LogP contribution in [-0.4, -0.2) is 50.2 Å². The minimum absolute atomic E-state index is 0.264. The Bertz CT molecular complexity index is 241. The second-order valence-electron chi connectivity index (χ2n) is 5.61. The van der Waals surface area contributed by atoms with Crippen molar-refractivity contribution in [2.75, 3.05) is 39.4 Å². The summed E-state index contributed by atoms with van der Waals surface area (Å²) < 4.78 is 5.25. The van der Waals surface area contributed by atoms with E-state index in [1.165, 1.54) is 44.9 Å². The number of carbonyl (C=O) groups excluding carboxylic acids is 1. The largest absolute Gasteiger partial charge is 0.378 e. The van der Waals surface area contributed by atoms with Gasteiger partial charge in [0, 0.05) is 26.1 Å². The summed E-state index contributed by atoms with van der Waals surface area (Å²) >= 11 is 0. The number of ether oxygens (including phenoxy) is 1. The predicted octanol–water partition coefficient (Wildman–Crippen LogP) is 2.58. The molecule has 1 saturated heterocycles. The Labute approximate surface area is 124 Å². The Morgan fingerprint density at radius 3 is 2.35 bits per heavy atom. The van der Waals surface area contributed by atoms with Crippen LogP contribution in [0.3, 0.4) is 0 Å². The normalized spacial score (nSPS) is 15.6. The van der Waals surface area contributed by atoms with E-state index in [0.717, 1.165) is 26.2 Å². The lowest BCUT2D eigenvalue weighted by molar-refractivity contribution is -0.135. The van der Waals surface area contributed by atoms with Crippen LogP contribution in [0, 0.1) is 0 Å². The molecule has 0 aliphatic carbocycles. The highest BCUT2D eigenvalue weighted by atomic mass is 16.5. The topological polar surface area (TPSA) is 41.6 Å². The summed E-state index contributed by atoms with van der Waals surface area (Å²) in [5, 5.41) is 3.38. The monoisotopic (exact) mass is 284 g/mol. The van der Waals surface area contributed by atoms with Crippen molar-refractivity contribution in [1.29, 1.82) is 0 Å². The van der Waals surface area contributed by atoms with E-state index >= 15 is 0 Å². The summed E-state index contributed by atoms with van der Waals surface area (Å²) in [7, 11) is 0. The van der Waals surface area contributed by atoms with Crippen LogP contribution >= 0.6 is 0 Å². The van der Waals surface area contributed by atoms with Gasteiger partial charge in [-0.15, -0.1) is 0 Å². The molecule has 1 heterocycles. The third kappa shape index (κ3) is 8.54. The second-order valence-corrected chi connectivity index (χ2v) is 5.61. The Morgan fingerprint density at radius 1 is 1.00 bits per heavy atom. The molecule has 0 radical (unpaired) electrons. The van der Waals surface area contributed by atoms with Gasteiger partial charge < -0.3 is 15.0 Å². The average Bonchev–Trinajstić information content (AvgIpc) is 2.50. The van der Waals surface area contributed by atoms with Gasteiger partial charge in [-0.25, -0.2) is 0 Å². The first-order valence-corrected chi connectivity index (χ1v) is 8.41. The van der Waals surface area contributed by atoms with Crippen LogP contribution < -0.4 is 5.32 Å². The number of hydrogen-bond acceptors (Lipinski definition) is 3. The first-order chi connectivity index (χ1) is 9.84. The molecule has 0 aromatic carbocycles. The first kappa shape index (κ1) is 17.4. The van der Waals surface area contributed by atoms with E-state index in [1.807, 2.05) is 4.90 Å². The minimum atomic E-state index is 0.264. The van der Waals surface area contributed by atoms with Crippen molar-refractivity contribution in [2.45, 2.75) is 58.3 Å². The fraction of sp³-hybridized carbons (Fsp3) is 0.938. The molecule has 1 rings (SSSR count). The van der Waals surface area contributed by atoms with Crippen LogP contribution in [-0.2, 0) is 9.53 Å². The van der Waals surface area contributed by atoms with Gasteiger partial charge >= 0.3 is 0 Å². The highest BCUT2D eigenvalue weighted by molar-refractivity contribution is 5.76. The van der Waals surface area contributed by atoms with Crippen molar-refractivity contribution in [3.8, 4) is 0 Å². The molecule has 1 amide bonds. The summed E-state index contributed by atoms with van der Waals surface area (Å²) in [6, 6.07) is 0. The number of hydrogen-bond donors (Lipinski definition) is 1. The van der Waals surface area contributed by atoms with Gasteiger partial charge in [-0.2, -0.15) is 0 Å². The van der Waals surface area contributed by atoms with Crippen molar-refractivity contribution < 1.29 is 9.53 Å². The second kappa shape index (κ2) is 12.2. The van der Waals surface area contributed by atoms with Gasteiger partial charge in [0.25, 0.3) is 0 Å². The summed E-state index contributed by atoms with van der Waals surface area (Å²) in [5.74, 6) is 0.264. The van der Waals surface area contributed by atoms with E-state index in [0.29, 0.717) is 19.6 Å². The number of nitrogens with zero attached hydrogens (tertiary/aromatic N) is 1. The van der Waals surface area contributed by atoms with Crippen molar-refractivity contribution >= 4 is 5.91 Å². The lowest BCUT2D eigenvalue weighted by atomic mass is 10.1. The smallest absolute Gasteiger partial charge is 0.224 e. The van der Waals surface area contributed by atoms with Crippen molar-refractivity contribution in [3.05, 3.63) is 0 Å². The van der Waals surface area contributed by atoms with Crippen molar-refractivity contribution in [3.63, 3.8) is 0 Å². The standard InChI is InChI=1S/C16H32N2O2/c1-2-3-4-5-6-7-8-10-17-11-9-16(19)18-12-14-20-15-13-18/h17H,2-15H2,1H3. The molecule has 0 aromatic rings. The third-order valence-electron chi connectivity index (χ3n) is 3.84. The van der Waals surface area contributed by atoms with Crippen molar-refractivity contribution in [2.24, 2.45) is 0 Å². The van der Waals surface area contributed by atoms with Gasteiger partial charge in [-0.3, -0.25) is 4.79 Å². The SMILES string of the molecule is CCCCCCCCCNCCC(=O)N1CCOCC1. The first-order valence-electron chi connectivity index (χ1n) is 8.41. The summed E-state index contributed by atoms with van der Waals surface area (Å²) in [4.78, 5) is 13.8. The lowest BCUT2D eigenvalue weighted by Gasteiger charge is -2.26. The minimum Gasteiger partial charge on any atom is -0.378 e. The maximum atomic E-state index is 11.9. The van der Waals surface area contributed by atoms with Crippen molar-refractivity contribution in [1.82, 2.24) is 10.2 Å². The molecule has 0 unspecified atom stereocenters. The quantitative estimate of drug-likeness (QED) is 0.593. The van der Waals surface area contributed by atoms with E-state index in [-0.39, 0.29) is 5.91 Å². The molecule has 1 fully saturated rings. The molecule has 0 bridgehead atoms. The van der Waals surface area contributed by atoms with E-state index in [4.69, 9.17) is 4.74 Å². The highest BCUT2D eigenvalue weighted by Gasteiger charge is 2.15. The fourth-order valence-corrected chi connectivity index (χ4v) is 2.50. The molecule has 1 aliphatic rings. The van der Waals surface area contributed by atoms with Crippen LogP contribution in [0.4, 0.5) is 0 Å². The number of carbonyl (C=O) groups is 1. The molecular weight excluding hydrogens is 252 g/mol. The molecular formula is C16H32N2O2. The van der Waals surface area contributed by atoms with Gasteiger partial charge in [-0.1, -0.05) is 45.4 Å². The summed E-state index contributed by atoms with van der Waals surface area (Å²) in [6.45, 7) is 7.01. The maximum absolute atomic E-state index is 11.9. The zero-order valence-corrected chi connectivity index (χ0v) is 13.2. The molecule has 20 heavy (non-hydrogen) atoms. The molecule has 4 heteroatoms. The Hall–Kier alpha value is -0.610. The number of unbranched alkanes of at least 4 members (excludes halogenated alkanes) is 6. The lowest BCUT2D eigenvalue weighted by Crippen LogP contribution is -2.41. The van der Waals surface area contributed by atoms with Gasteiger partial charge in [-0.05, 0) is 13.0 Å². The number of amides is 1. The molecule has 0 aromatic heterocycles. The van der Waals surface area contributed by atoms with E-state index in [2.05, 4.69) is 12.2 Å². The molecule has 1 aliphatic heterocycles. The summed E-state index contributed by atoms with van der Waals surface area (Å²) in [5.41, 5.74) is 0. The molecule has 0 spiro atoms. The van der Waals surface area contributed by atoms with E-state index < -0.39 is 0 Å². The average molecular weight is 284 g/mol. The van der Waals surface area contributed by atoms with Crippen LogP contribution in [0.15, 0.2) is 0 Å². The molecule has 0 saturated carbocycles. The Balaban J connectivity index is 1.83. The van der Waals surface area contributed by atoms with Crippen LogP contribution in [0.25, 0.3) is 0 Å². The zero-order chi connectivity index (χ0) is 14.5. The Kier molecular flexibility index (Phi) is 10.6. The number of rotatable bonds is 11.